The first-order valence-electron chi connectivity index (χ1n) is 7.95. The molecule has 0 aliphatic rings. The van der Waals surface area contributed by atoms with Gasteiger partial charge in [-0.25, -0.2) is 4.39 Å². The maximum Gasteiger partial charge on any atom is 0.240 e. The Morgan fingerprint density at radius 3 is 2.96 bits per heavy atom. The molecule has 0 fully saturated rings. The van der Waals surface area contributed by atoms with Crippen LogP contribution in [-0.4, -0.2) is 25.1 Å². The number of pyridine rings is 1. The van der Waals surface area contributed by atoms with E-state index in [1.807, 2.05) is 41.8 Å². The SMILES string of the molecule is C[C@@H](NC(=O)Cn1ccc2ccc(F)cc21)c1nnc2ccccn12. The van der Waals surface area contributed by atoms with Gasteiger partial charge in [-0.15, -0.1) is 10.2 Å². The molecule has 0 spiro atoms. The van der Waals surface area contributed by atoms with E-state index in [0.29, 0.717) is 11.3 Å². The van der Waals surface area contributed by atoms with Crippen LogP contribution in [0, 0.1) is 5.82 Å². The Kier molecular flexibility index (Phi) is 3.68. The number of nitrogens with zero attached hydrogens (tertiary/aromatic N) is 4. The van der Waals surface area contributed by atoms with E-state index in [-0.39, 0.29) is 24.3 Å². The lowest BCUT2D eigenvalue weighted by Crippen LogP contribution is -2.31. The zero-order valence-corrected chi connectivity index (χ0v) is 13.6. The van der Waals surface area contributed by atoms with Gasteiger partial charge in [0.2, 0.25) is 5.91 Å². The van der Waals surface area contributed by atoms with Crippen LogP contribution in [-0.2, 0) is 11.3 Å². The first kappa shape index (κ1) is 15.3. The number of rotatable bonds is 4. The average molecular weight is 337 g/mol. The van der Waals surface area contributed by atoms with Crippen LogP contribution in [0.15, 0.2) is 54.9 Å². The zero-order chi connectivity index (χ0) is 17.4. The number of benzene rings is 1. The number of nitrogens with one attached hydrogen (secondary N) is 1. The summed E-state index contributed by atoms with van der Waals surface area (Å²) < 4.78 is 17.0. The van der Waals surface area contributed by atoms with Crippen LogP contribution in [0.2, 0.25) is 0 Å². The Bertz CT molecular complexity index is 1070. The molecule has 0 bridgehead atoms. The second kappa shape index (κ2) is 6.01. The number of carbonyl (C=O) groups excluding carboxylic acids is 1. The summed E-state index contributed by atoms with van der Waals surface area (Å²) in [4.78, 5) is 12.4. The number of carbonyl (C=O) groups is 1. The average Bonchev–Trinajstić information content (AvgIpc) is 3.19. The van der Waals surface area contributed by atoms with Gasteiger partial charge in [0.15, 0.2) is 11.5 Å². The molecule has 0 saturated carbocycles. The monoisotopic (exact) mass is 337 g/mol. The van der Waals surface area contributed by atoms with Crippen molar-refractivity contribution in [2.45, 2.75) is 19.5 Å². The van der Waals surface area contributed by atoms with Crippen LogP contribution >= 0.6 is 0 Å². The number of fused-ring (bicyclic) bond motifs is 2. The number of amides is 1. The Morgan fingerprint density at radius 1 is 1.20 bits per heavy atom. The molecule has 1 atom stereocenters. The highest BCUT2D eigenvalue weighted by molar-refractivity contribution is 5.83. The van der Waals surface area contributed by atoms with E-state index in [1.165, 1.54) is 12.1 Å². The molecule has 1 amide bonds. The van der Waals surface area contributed by atoms with Crippen molar-refractivity contribution in [2.75, 3.05) is 0 Å². The molecule has 0 radical (unpaired) electrons. The minimum atomic E-state index is -0.323. The quantitative estimate of drug-likeness (QED) is 0.623. The summed E-state index contributed by atoms with van der Waals surface area (Å²) >= 11 is 0. The molecule has 6 nitrogen and oxygen atoms in total. The van der Waals surface area contributed by atoms with Gasteiger partial charge in [0.1, 0.15) is 12.4 Å². The van der Waals surface area contributed by atoms with E-state index in [9.17, 15) is 9.18 Å². The maximum atomic E-state index is 13.4. The fourth-order valence-electron chi connectivity index (χ4n) is 2.96. The van der Waals surface area contributed by atoms with Gasteiger partial charge in [0.05, 0.1) is 11.6 Å². The third kappa shape index (κ3) is 2.84. The van der Waals surface area contributed by atoms with E-state index in [0.717, 1.165) is 11.0 Å². The first-order chi connectivity index (χ1) is 12.1. The second-order valence-corrected chi connectivity index (χ2v) is 5.92. The standard InChI is InChI=1S/C18H16FN5O/c1-12(18-22-21-16-4-2-3-8-24(16)18)20-17(25)11-23-9-7-13-5-6-14(19)10-15(13)23/h2-10,12H,11H2,1H3,(H,20,25)/t12-/m1/s1. The van der Waals surface area contributed by atoms with Crippen molar-refractivity contribution in [1.82, 2.24) is 24.5 Å². The molecule has 3 heterocycles. The summed E-state index contributed by atoms with van der Waals surface area (Å²) in [6.45, 7) is 1.96. The summed E-state index contributed by atoms with van der Waals surface area (Å²) in [5, 5.41) is 12.0. The molecule has 1 aromatic carbocycles. The summed E-state index contributed by atoms with van der Waals surface area (Å²) in [5.41, 5.74) is 1.42. The van der Waals surface area contributed by atoms with Crippen LogP contribution in [0.1, 0.15) is 18.8 Å². The maximum absolute atomic E-state index is 13.4. The summed E-state index contributed by atoms with van der Waals surface area (Å²) in [6, 6.07) is 11.7. The number of hydrogen-bond donors (Lipinski definition) is 1. The molecule has 1 N–H and O–H groups in total. The van der Waals surface area contributed by atoms with Crippen LogP contribution in [0.4, 0.5) is 4.39 Å². The van der Waals surface area contributed by atoms with Crippen LogP contribution in [0.3, 0.4) is 0 Å². The van der Waals surface area contributed by atoms with E-state index >= 15 is 0 Å². The van der Waals surface area contributed by atoms with Gasteiger partial charge < -0.3 is 9.88 Å². The summed E-state index contributed by atoms with van der Waals surface area (Å²) in [7, 11) is 0. The number of halogens is 1. The van der Waals surface area contributed by atoms with Gasteiger partial charge in [-0.2, -0.15) is 0 Å². The molecule has 126 valence electrons. The van der Waals surface area contributed by atoms with Gasteiger partial charge in [-0.05, 0) is 48.7 Å². The lowest BCUT2D eigenvalue weighted by Gasteiger charge is -2.13. The van der Waals surface area contributed by atoms with Gasteiger partial charge in [-0.3, -0.25) is 9.20 Å². The highest BCUT2D eigenvalue weighted by Crippen LogP contribution is 2.17. The van der Waals surface area contributed by atoms with Crippen LogP contribution < -0.4 is 5.32 Å². The lowest BCUT2D eigenvalue weighted by molar-refractivity contribution is -0.122. The van der Waals surface area contributed by atoms with Crippen molar-refractivity contribution in [3.8, 4) is 0 Å². The third-order valence-electron chi connectivity index (χ3n) is 4.15. The highest BCUT2D eigenvalue weighted by Gasteiger charge is 2.16. The third-order valence-corrected chi connectivity index (χ3v) is 4.15. The van der Waals surface area contributed by atoms with E-state index < -0.39 is 0 Å². The van der Waals surface area contributed by atoms with Gasteiger partial charge in [0.25, 0.3) is 0 Å². The molecule has 3 aromatic heterocycles. The fourth-order valence-corrected chi connectivity index (χ4v) is 2.96. The first-order valence-corrected chi connectivity index (χ1v) is 7.95. The normalized spacial score (nSPS) is 12.6. The van der Waals surface area contributed by atoms with Crippen LogP contribution in [0.25, 0.3) is 16.6 Å². The van der Waals surface area contributed by atoms with Crippen molar-refractivity contribution in [2.24, 2.45) is 0 Å². The fraction of sp³-hybridized carbons (Fsp3) is 0.167. The Hall–Kier alpha value is -3.22. The summed E-state index contributed by atoms with van der Waals surface area (Å²) in [5.74, 6) is 0.158. The molecule has 0 aliphatic heterocycles. The summed E-state index contributed by atoms with van der Waals surface area (Å²) in [6.07, 6.45) is 3.64. The molecule has 7 heteroatoms. The van der Waals surface area contributed by atoms with Crippen molar-refractivity contribution >= 4 is 22.5 Å². The molecule has 0 saturated heterocycles. The van der Waals surface area contributed by atoms with Crippen LogP contribution in [0.5, 0.6) is 0 Å². The highest BCUT2D eigenvalue weighted by atomic mass is 19.1. The predicted octanol–water partition coefficient (Wildman–Crippen LogP) is 2.70. The smallest absolute Gasteiger partial charge is 0.240 e. The minimum absolute atomic E-state index is 0.105. The molecule has 0 aliphatic carbocycles. The Morgan fingerprint density at radius 2 is 2.08 bits per heavy atom. The van der Waals surface area contributed by atoms with E-state index in [1.54, 1.807) is 16.8 Å². The molecule has 4 aromatic rings. The largest absolute Gasteiger partial charge is 0.345 e. The number of aromatic nitrogens is 4. The number of hydrogen-bond acceptors (Lipinski definition) is 3. The lowest BCUT2D eigenvalue weighted by atomic mass is 10.2. The Balaban J connectivity index is 1.52. The van der Waals surface area contributed by atoms with Gasteiger partial charge in [-0.1, -0.05) is 6.07 Å². The Labute approximate surface area is 142 Å². The van der Waals surface area contributed by atoms with E-state index in [2.05, 4.69) is 15.5 Å². The molecular formula is C18H16FN5O. The van der Waals surface area contributed by atoms with Crippen molar-refractivity contribution in [1.29, 1.82) is 0 Å². The second-order valence-electron chi connectivity index (χ2n) is 5.92. The van der Waals surface area contributed by atoms with Crippen molar-refractivity contribution in [3.05, 3.63) is 66.5 Å². The topological polar surface area (TPSA) is 64.2 Å². The molecule has 25 heavy (non-hydrogen) atoms. The van der Waals surface area contributed by atoms with Crippen molar-refractivity contribution in [3.63, 3.8) is 0 Å². The molecule has 0 unspecified atom stereocenters. The van der Waals surface area contributed by atoms with Gasteiger partial charge in [0, 0.05) is 12.4 Å². The van der Waals surface area contributed by atoms with E-state index in [4.69, 9.17) is 0 Å². The predicted molar refractivity (Wildman–Crippen MR) is 91.4 cm³/mol. The minimum Gasteiger partial charge on any atom is -0.345 e. The molecular weight excluding hydrogens is 321 g/mol. The zero-order valence-electron chi connectivity index (χ0n) is 13.6. The van der Waals surface area contributed by atoms with Crippen molar-refractivity contribution < 1.29 is 9.18 Å². The van der Waals surface area contributed by atoms with Gasteiger partial charge >= 0.3 is 0 Å². The molecule has 4 rings (SSSR count).